The van der Waals surface area contributed by atoms with E-state index >= 15 is 0 Å². The van der Waals surface area contributed by atoms with E-state index in [1.807, 2.05) is 0 Å². The number of anilines is 1. The second-order valence-electron chi connectivity index (χ2n) is 3.82. The van der Waals surface area contributed by atoms with Gasteiger partial charge in [0, 0.05) is 11.6 Å². The Hall–Kier alpha value is -2.50. The molecule has 0 unspecified atom stereocenters. The molecule has 0 atom stereocenters. The van der Waals surface area contributed by atoms with Crippen molar-refractivity contribution in [3.05, 3.63) is 48.2 Å². The summed E-state index contributed by atoms with van der Waals surface area (Å²) in [4.78, 5) is 4.20. The Morgan fingerprint density at radius 2 is 1.83 bits per heavy atom. The van der Waals surface area contributed by atoms with E-state index in [0.29, 0.717) is 17.0 Å². The number of benzene rings is 1. The molecule has 0 saturated carbocycles. The van der Waals surface area contributed by atoms with Crippen LogP contribution in [-0.4, -0.2) is 14.6 Å². The number of nitrogen functional groups attached to an aromatic ring is 1. The summed E-state index contributed by atoms with van der Waals surface area (Å²) < 4.78 is 27.3. The number of aromatic nitrogens is 3. The van der Waals surface area contributed by atoms with E-state index < -0.39 is 5.82 Å². The van der Waals surface area contributed by atoms with E-state index in [2.05, 4.69) is 10.1 Å². The monoisotopic (exact) mass is 246 g/mol. The summed E-state index contributed by atoms with van der Waals surface area (Å²) in [6.07, 6.45) is 1.16. The summed E-state index contributed by atoms with van der Waals surface area (Å²) in [5.74, 6) is -0.504. The Kier molecular flexibility index (Phi) is 2.22. The first-order valence-electron chi connectivity index (χ1n) is 5.21. The largest absolute Gasteiger partial charge is 0.396 e. The SMILES string of the molecule is Nc1cc2nc(-c3ccc(F)cc3)nn2cc1F. The number of rotatable bonds is 1. The first kappa shape index (κ1) is 10.6. The van der Waals surface area contributed by atoms with Gasteiger partial charge in [0.15, 0.2) is 17.3 Å². The van der Waals surface area contributed by atoms with Crippen LogP contribution in [0.4, 0.5) is 14.5 Å². The van der Waals surface area contributed by atoms with Gasteiger partial charge < -0.3 is 5.73 Å². The van der Waals surface area contributed by atoms with Crippen LogP contribution >= 0.6 is 0 Å². The molecule has 3 rings (SSSR count). The zero-order chi connectivity index (χ0) is 12.7. The average Bonchev–Trinajstić information content (AvgIpc) is 2.73. The Labute approximate surface area is 101 Å². The molecule has 4 nitrogen and oxygen atoms in total. The number of pyridine rings is 1. The van der Waals surface area contributed by atoms with Crippen molar-refractivity contribution in [2.45, 2.75) is 0 Å². The van der Waals surface area contributed by atoms with Crippen molar-refractivity contribution in [3.8, 4) is 11.4 Å². The molecule has 3 aromatic rings. The van der Waals surface area contributed by atoms with E-state index in [-0.39, 0.29) is 11.5 Å². The molecule has 6 heteroatoms. The molecule has 2 aromatic heterocycles. The smallest absolute Gasteiger partial charge is 0.182 e. The van der Waals surface area contributed by atoms with Crippen LogP contribution < -0.4 is 5.73 Å². The average molecular weight is 246 g/mol. The quantitative estimate of drug-likeness (QED) is 0.716. The second kappa shape index (κ2) is 3.76. The van der Waals surface area contributed by atoms with Gasteiger partial charge in [0.25, 0.3) is 0 Å². The van der Waals surface area contributed by atoms with Crippen LogP contribution in [0.3, 0.4) is 0 Å². The summed E-state index contributed by atoms with van der Waals surface area (Å²) in [7, 11) is 0. The highest BCUT2D eigenvalue weighted by Crippen LogP contribution is 2.18. The summed E-state index contributed by atoms with van der Waals surface area (Å²) >= 11 is 0. The third kappa shape index (κ3) is 1.67. The minimum absolute atomic E-state index is 0.0144. The molecular formula is C12H8F2N4. The topological polar surface area (TPSA) is 56.2 Å². The first-order valence-corrected chi connectivity index (χ1v) is 5.21. The van der Waals surface area contributed by atoms with Gasteiger partial charge >= 0.3 is 0 Å². The van der Waals surface area contributed by atoms with Crippen LogP contribution in [0, 0.1) is 11.6 Å². The molecule has 0 saturated heterocycles. The summed E-state index contributed by atoms with van der Waals surface area (Å²) in [5.41, 5.74) is 6.55. The van der Waals surface area contributed by atoms with Crippen LogP contribution in [0.5, 0.6) is 0 Å². The molecule has 2 N–H and O–H groups in total. The maximum absolute atomic E-state index is 13.3. The molecule has 0 aliphatic rings. The van der Waals surface area contributed by atoms with Gasteiger partial charge in [0.2, 0.25) is 0 Å². The number of hydrogen-bond donors (Lipinski definition) is 1. The molecule has 0 aliphatic heterocycles. The molecule has 1 aromatic carbocycles. The molecule has 0 fully saturated rings. The summed E-state index contributed by atoms with van der Waals surface area (Å²) in [6.45, 7) is 0. The summed E-state index contributed by atoms with van der Waals surface area (Å²) in [6, 6.07) is 7.15. The highest BCUT2D eigenvalue weighted by molar-refractivity contribution is 5.60. The minimum atomic E-state index is -0.557. The third-order valence-corrected chi connectivity index (χ3v) is 2.56. The lowest BCUT2D eigenvalue weighted by Gasteiger charge is -1.95. The number of hydrogen-bond acceptors (Lipinski definition) is 3. The Morgan fingerprint density at radius 1 is 1.11 bits per heavy atom. The Bertz CT molecular complexity index is 680. The molecule has 0 radical (unpaired) electrons. The lowest BCUT2D eigenvalue weighted by Crippen LogP contribution is -1.95. The van der Waals surface area contributed by atoms with Gasteiger partial charge in [-0.2, -0.15) is 0 Å². The highest BCUT2D eigenvalue weighted by atomic mass is 19.1. The lowest BCUT2D eigenvalue weighted by atomic mass is 10.2. The van der Waals surface area contributed by atoms with Crippen LogP contribution in [0.25, 0.3) is 17.0 Å². The van der Waals surface area contributed by atoms with Gasteiger partial charge in [-0.1, -0.05) is 0 Å². The van der Waals surface area contributed by atoms with E-state index in [0.717, 1.165) is 6.20 Å². The van der Waals surface area contributed by atoms with Crippen LogP contribution in [0.2, 0.25) is 0 Å². The van der Waals surface area contributed by atoms with Crippen molar-refractivity contribution in [2.24, 2.45) is 0 Å². The minimum Gasteiger partial charge on any atom is -0.396 e. The van der Waals surface area contributed by atoms with Gasteiger partial charge in [-0.05, 0) is 24.3 Å². The number of nitrogens with two attached hydrogens (primary N) is 1. The maximum Gasteiger partial charge on any atom is 0.182 e. The van der Waals surface area contributed by atoms with Crippen LogP contribution in [0.15, 0.2) is 36.5 Å². The standard InChI is InChI=1S/C12H8F2N4/c13-8-3-1-7(2-4-8)12-16-11-5-10(15)9(14)6-18(11)17-12/h1-6H,15H2. The predicted molar refractivity (Wildman–Crippen MR) is 62.8 cm³/mol. The van der Waals surface area contributed by atoms with Crippen molar-refractivity contribution in [1.29, 1.82) is 0 Å². The fourth-order valence-corrected chi connectivity index (χ4v) is 1.64. The first-order chi connectivity index (χ1) is 8.63. The predicted octanol–water partition coefficient (Wildman–Crippen LogP) is 2.26. The number of fused-ring (bicyclic) bond motifs is 1. The normalized spacial score (nSPS) is 11.0. The van der Waals surface area contributed by atoms with E-state index in [9.17, 15) is 8.78 Å². The highest BCUT2D eigenvalue weighted by Gasteiger charge is 2.09. The van der Waals surface area contributed by atoms with Crippen molar-refractivity contribution in [1.82, 2.24) is 14.6 Å². The Morgan fingerprint density at radius 3 is 2.56 bits per heavy atom. The Balaban J connectivity index is 2.16. The zero-order valence-electron chi connectivity index (χ0n) is 9.14. The molecular weight excluding hydrogens is 238 g/mol. The lowest BCUT2D eigenvalue weighted by molar-refractivity contribution is 0.619. The molecule has 2 heterocycles. The second-order valence-corrected chi connectivity index (χ2v) is 3.82. The van der Waals surface area contributed by atoms with Crippen molar-refractivity contribution >= 4 is 11.3 Å². The van der Waals surface area contributed by atoms with Crippen molar-refractivity contribution < 1.29 is 8.78 Å². The van der Waals surface area contributed by atoms with Crippen molar-refractivity contribution in [2.75, 3.05) is 5.73 Å². The van der Waals surface area contributed by atoms with Gasteiger partial charge in [-0.3, -0.25) is 0 Å². The molecule has 0 bridgehead atoms. The van der Waals surface area contributed by atoms with Crippen LogP contribution in [0.1, 0.15) is 0 Å². The fourth-order valence-electron chi connectivity index (χ4n) is 1.64. The summed E-state index contributed by atoms with van der Waals surface area (Å²) in [5, 5.41) is 4.10. The van der Waals surface area contributed by atoms with Gasteiger partial charge in [-0.25, -0.2) is 18.3 Å². The number of nitrogens with zero attached hydrogens (tertiary/aromatic N) is 3. The van der Waals surface area contributed by atoms with Gasteiger partial charge in [0.1, 0.15) is 5.82 Å². The fraction of sp³-hybridized carbons (Fsp3) is 0. The van der Waals surface area contributed by atoms with E-state index in [4.69, 9.17) is 5.73 Å². The van der Waals surface area contributed by atoms with E-state index in [1.165, 1.54) is 22.7 Å². The van der Waals surface area contributed by atoms with E-state index in [1.54, 1.807) is 12.1 Å². The van der Waals surface area contributed by atoms with Crippen LogP contribution in [-0.2, 0) is 0 Å². The molecule has 0 spiro atoms. The van der Waals surface area contributed by atoms with Crippen molar-refractivity contribution in [3.63, 3.8) is 0 Å². The maximum atomic E-state index is 13.3. The molecule has 0 amide bonds. The molecule has 18 heavy (non-hydrogen) atoms. The number of halogens is 2. The van der Waals surface area contributed by atoms with Gasteiger partial charge in [0.05, 0.1) is 11.9 Å². The zero-order valence-corrected chi connectivity index (χ0v) is 9.14. The van der Waals surface area contributed by atoms with Gasteiger partial charge in [-0.15, -0.1) is 5.10 Å². The third-order valence-electron chi connectivity index (χ3n) is 2.56. The molecule has 0 aliphatic carbocycles. The molecule has 90 valence electrons.